The van der Waals surface area contributed by atoms with Crippen molar-refractivity contribution < 1.29 is 23.8 Å². The van der Waals surface area contributed by atoms with Gasteiger partial charge in [0.1, 0.15) is 6.61 Å². The molecule has 1 heterocycles. The van der Waals surface area contributed by atoms with Gasteiger partial charge in [-0.3, -0.25) is 14.9 Å². The first kappa shape index (κ1) is 23.0. The van der Waals surface area contributed by atoms with E-state index >= 15 is 0 Å². The van der Waals surface area contributed by atoms with E-state index in [2.05, 4.69) is 15.0 Å². The quantitative estimate of drug-likeness (QED) is 0.382. The number of nitrogens with zero attached hydrogens (tertiary/aromatic N) is 1. The highest BCUT2D eigenvalue weighted by molar-refractivity contribution is 7.14. The lowest BCUT2D eigenvalue weighted by Crippen LogP contribution is -2.08. The molecule has 8 heteroatoms. The monoisotopic (exact) mass is 452 g/mol. The van der Waals surface area contributed by atoms with Gasteiger partial charge in [-0.1, -0.05) is 30.3 Å². The van der Waals surface area contributed by atoms with Gasteiger partial charge in [0.2, 0.25) is 5.91 Å². The second kappa shape index (κ2) is 11.1. The maximum Gasteiger partial charge on any atom is 0.311 e. The lowest BCUT2D eigenvalue weighted by molar-refractivity contribution is -0.139. The first-order chi connectivity index (χ1) is 15.5. The minimum Gasteiger partial charge on any atom is -0.493 e. The van der Waals surface area contributed by atoms with Crippen LogP contribution in [0, 0.1) is 6.92 Å². The minimum atomic E-state index is -0.381. The van der Waals surface area contributed by atoms with E-state index in [4.69, 9.17) is 9.47 Å². The Hall–Kier alpha value is -3.65. The summed E-state index contributed by atoms with van der Waals surface area (Å²) in [6.07, 6.45) is 3.15. The molecule has 0 radical (unpaired) electrons. The third-order valence-corrected chi connectivity index (χ3v) is 5.40. The molecule has 0 aliphatic carbocycles. The Kier molecular flexibility index (Phi) is 7.99. The minimum absolute atomic E-state index is 0.0662. The highest BCUT2D eigenvalue weighted by Gasteiger charge is 2.10. The molecule has 0 spiro atoms. The molecule has 7 nitrogen and oxygen atoms in total. The van der Waals surface area contributed by atoms with Crippen molar-refractivity contribution in [1.82, 2.24) is 4.98 Å². The van der Waals surface area contributed by atoms with E-state index in [1.165, 1.54) is 24.5 Å². The number of amides is 1. The number of aromatic nitrogens is 1. The molecule has 3 aromatic rings. The third-order valence-electron chi connectivity index (χ3n) is 4.59. The maximum absolute atomic E-state index is 12.2. The van der Waals surface area contributed by atoms with E-state index in [1.54, 1.807) is 24.6 Å². The number of nitrogens with one attached hydrogen (secondary N) is 1. The van der Waals surface area contributed by atoms with Gasteiger partial charge in [0.25, 0.3) is 0 Å². The van der Waals surface area contributed by atoms with Crippen molar-refractivity contribution >= 4 is 34.4 Å². The number of aryl methyl sites for hydroxylation is 1. The van der Waals surface area contributed by atoms with Gasteiger partial charge in [-0.05, 0) is 41.8 Å². The molecule has 3 rings (SSSR count). The van der Waals surface area contributed by atoms with Crippen LogP contribution in [0.5, 0.6) is 11.5 Å². The lowest BCUT2D eigenvalue weighted by Gasteiger charge is -2.12. The van der Waals surface area contributed by atoms with Crippen LogP contribution in [0.4, 0.5) is 5.13 Å². The van der Waals surface area contributed by atoms with Crippen molar-refractivity contribution in [2.45, 2.75) is 20.0 Å². The number of anilines is 1. The lowest BCUT2D eigenvalue weighted by atomic mass is 10.1. The Morgan fingerprint density at radius 1 is 1.12 bits per heavy atom. The van der Waals surface area contributed by atoms with Crippen LogP contribution in [0.1, 0.15) is 22.4 Å². The second-order valence-corrected chi connectivity index (χ2v) is 7.70. The zero-order valence-electron chi connectivity index (χ0n) is 18.1. The highest BCUT2D eigenvalue weighted by Crippen LogP contribution is 2.29. The molecule has 0 saturated heterocycles. The number of ether oxygens (including phenoxy) is 3. The fourth-order valence-corrected chi connectivity index (χ4v) is 3.53. The van der Waals surface area contributed by atoms with Crippen LogP contribution in [-0.2, 0) is 27.4 Å². The summed E-state index contributed by atoms with van der Waals surface area (Å²) in [5, 5.41) is 4.80. The van der Waals surface area contributed by atoms with E-state index in [0.29, 0.717) is 28.9 Å². The number of esters is 1. The Morgan fingerprint density at radius 3 is 2.69 bits per heavy atom. The zero-order chi connectivity index (χ0) is 22.9. The number of thiazole rings is 1. The normalized spacial score (nSPS) is 10.7. The van der Waals surface area contributed by atoms with Crippen LogP contribution in [0.2, 0.25) is 0 Å². The molecule has 0 aliphatic rings. The third kappa shape index (κ3) is 6.42. The highest BCUT2D eigenvalue weighted by atomic mass is 32.1. The second-order valence-electron chi connectivity index (χ2n) is 6.84. The number of rotatable bonds is 9. The SMILES string of the molecule is COC(=O)Cc1csc(NC(=O)/C=C/c2ccc(OCc3ccccc3C)c(OC)c2)n1. The number of hydrogen-bond donors (Lipinski definition) is 1. The van der Waals surface area contributed by atoms with Crippen LogP contribution in [0.25, 0.3) is 6.08 Å². The fraction of sp³-hybridized carbons (Fsp3) is 0.208. The Balaban J connectivity index is 1.60. The summed E-state index contributed by atoms with van der Waals surface area (Å²) in [6, 6.07) is 13.5. The van der Waals surface area contributed by atoms with Crippen molar-refractivity contribution in [3.8, 4) is 11.5 Å². The molecule has 0 unspecified atom stereocenters. The van der Waals surface area contributed by atoms with Crippen LogP contribution in [-0.4, -0.2) is 31.1 Å². The van der Waals surface area contributed by atoms with Gasteiger partial charge < -0.3 is 14.2 Å². The molecule has 0 atom stereocenters. The summed E-state index contributed by atoms with van der Waals surface area (Å²) in [4.78, 5) is 27.7. The standard InChI is InChI=1S/C24H24N2O5S/c1-16-6-4-5-7-18(16)14-31-20-10-8-17(12-21(20)29-2)9-11-22(27)26-24-25-19(15-32-24)13-23(28)30-3/h4-12,15H,13-14H2,1-3H3,(H,25,26,27)/b11-9+. The van der Waals surface area contributed by atoms with Gasteiger partial charge in [0.05, 0.1) is 26.3 Å². The van der Waals surface area contributed by atoms with Gasteiger partial charge in [0, 0.05) is 11.5 Å². The number of hydrogen-bond acceptors (Lipinski definition) is 7. The van der Waals surface area contributed by atoms with Gasteiger partial charge in [-0.2, -0.15) is 0 Å². The largest absolute Gasteiger partial charge is 0.493 e. The Labute approximate surface area is 190 Å². The predicted octanol–water partition coefficient (Wildman–Crippen LogP) is 4.41. The molecule has 1 N–H and O–H groups in total. The number of methoxy groups -OCH3 is 2. The summed E-state index contributed by atoms with van der Waals surface area (Å²) in [6.45, 7) is 2.48. The van der Waals surface area contributed by atoms with Crippen molar-refractivity contribution in [2.75, 3.05) is 19.5 Å². The molecule has 0 saturated carbocycles. The molecule has 1 amide bonds. The van der Waals surface area contributed by atoms with Crippen LogP contribution < -0.4 is 14.8 Å². The van der Waals surface area contributed by atoms with E-state index in [1.807, 2.05) is 43.3 Å². The van der Waals surface area contributed by atoms with Crippen molar-refractivity contribution in [3.05, 3.63) is 76.3 Å². The van der Waals surface area contributed by atoms with Gasteiger partial charge >= 0.3 is 5.97 Å². The summed E-state index contributed by atoms with van der Waals surface area (Å²) in [5.41, 5.74) is 3.60. The van der Waals surface area contributed by atoms with E-state index in [9.17, 15) is 9.59 Å². The average Bonchev–Trinajstić information content (AvgIpc) is 3.23. The molecule has 32 heavy (non-hydrogen) atoms. The van der Waals surface area contributed by atoms with E-state index < -0.39 is 0 Å². The summed E-state index contributed by atoms with van der Waals surface area (Å²) >= 11 is 1.24. The van der Waals surface area contributed by atoms with Crippen LogP contribution in [0.3, 0.4) is 0 Å². The molecule has 0 bridgehead atoms. The predicted molar refractivity (Wildman–Crippen MR) is 124 cm³/mol. The molecule has 166 valence electrons. The number of benzene rings is 2. The summed E-state index contributed by atoms with van der Waals surface area (Å²) in [7, 11) is 2.89. The number of carbonyl (C=O) groups is 2. The van der Waals surface area contributed by atoms with E-state index in [0.717, 1.165) is 16.7 Å². The smallest absolute Gasteiger partial charge is 0.311 e. The van der Waals surface area contributed by atoms with Crippen molar-refractivity contribution in [2.24, 2.45) is 0 Å². The number of carbonyl (C=O) groups excluding carboxylic acids is 2. The van der Waals surface area contributed by atoms with E-state index in [-0.39, 0.29) is 18.3 Å². The summed E-state index contributed by atoms with van der Waals surface area (Å²) < 4.78 is 16.0. The molecule has 0 fully saturated rings. The molecular weight excluding hydrogens is 428 g/mol. The molecule has 2 aromatic carbocycles. The van der Waals surface area contributed by atoms with Gasteiger partial charge in [0.15, 0.2) is 16.6 Å². The zero-order valence-corrected chi connectivity index (χ0v) is 18.9. The van der Waals surface area contributed by atoms with Gasteiger partial charge in [-0.15, -0.1) is 11.3 Å². The van der Waals surface area contributed by atoms with Crippen LogP contribution in [0.15, 0.2) is 53.9 Å². The fourth-order valence-electron chi connectivity index (χ4n) is 2.82. The Morgan fingerprint density at radius 2 is 1.94 bits per heavy atom. The average molecular weight is 453 g/mol. The summed E-state index contributed by atoms with van der Waals surface area (Å²) in [5.74, 6) is 0.489. The van der Waals surface area contributed by atoms with Crippen molar-refractivity contribution in [1.29, 1.82) is 0 Å². The first-order valence-electron chi connectivity index (χ1n) is 9.84. The van der Waals surface area contributed by atoms with Crippen molar-refractivity contribution in [3.63, 3.8) is 0 Å². The maximum atomic E-state index is 12.2. The molecule has 1 aromatic heterocycles. The first-order valence-corrected chi connectivity index (χ1v) is 10.7. The molecule has 0 aliphatic heterocycles. The topological polar surface area (TPSA) is 86.8 Å². The Bertz CT molecular complexity index is 1120. The van der Waals surface area contributed by atoms with Crippen LogP contribution >= 0.6 is 11.3 Å². The van der Waals surface area contributed by atoms with Gasteiger partial charge in [-0.25, -0.2) is 4.98 Å². The molecular formula is C24H24N2O5S.